The van der Waals surface area contributed by atoms with Crippen molar-refractivity contribution in [2.45, 2.75) is 12.8 Å². The molecule has 15 heavy (non-hydrogen) atoms. The topological polar surface area (TPSA) is 75.9 Å². The Morgan fingerprint density at radius 2 is 2.00 bits per heavy atom. The Morgan fingerprint density at radius 1 is 1.27 bits per heavy atom. The lowest BCUT2D eigenvalue weighted by molar-refractivity contribution is 0.881. The summed E-state index contributed by atoms with van der Waals surface area (Å²) < 4.78 is 0. The van der Waals surface area contributed by atoms with Crippen molar-refractivity contribution in [3.8, 4) is 0 Å². The van der Waals surface area contributed by atoms with Gasteiger partial charge in [-0.25, -0.2) is 9.97 Å². The zero-order valence-corrected chi connectivity index (χ0v) is 8.74. The average Bonchev–Trinajstić information content (AvgIpc) is 3.08. The van der Waals surface area contributed by atoms with Gasteiger partial charge in [-0.1, -0.05) is 0 Å². The summed E-state index contributed by atoms with van der Waals surface area (Å²) in [5.74, 6) is 2.56. The summed E-state index contributed by atoms with van der Waals surface area (Å²) in [4.78, 5) is 8.26. The van der Waals surface area contributed by atoms with Crippen LogP contribution in [-0.2, 0) is 0 Å². The smallest absolute Gasteiger partial charge is 0.131 e. The minimum atomic E-state index is 0.606. The molecule has 1 aliphatic rings. The molecule has 0 radical (unpaired) electrons. The summed E-state index contributed by atoms with van der Waals surface area (Å²) in [7, 11) is 0. The van der Waals surface area contributed by atoms with Gasteiger partial charge in [-0.3, -0.25) is 0 Å². The molecule has 2 rings (SSSR count). The number of hydrogen-bond donors (Lipinski definition) is 3. The van der Waals surface area contributed by atoms with Gasteiger partial charge in [-0.05, 0) is 18.8 Å². The van der Waals surface area contributed by atoms with Gasteiger partial charge in [0.1, 0.15) is 18.0 Å². The molecule has 0 atom stereocenters. The zero-order valence-electron chi connectivity index (χ0n) is 8.74. The van der Waals surface area contributed by atoms with Crippen LogP contribution in [0.4, 0.5) is 11.6 Å². The number of hydrogen-bond acceptors (Lipinski definition) is 5. The summed E-state index contributed by atoms with van der Waals surface area (Å²) in [6.07, 6.45) is 4.25. The van der Waals surface area contributed by atoms with Crippen LogP contribution in [0, 0.1) is 5.92 Å². The molecule has 4 N–H and O–H groups in total. The van der Waals surface area contributed by atoms with Gasteiger partial charge < -0.3 is 16.4 Å². The predicted molar refractivity (Wildman–Crippen MR) is 60.8 cm³/mol. The Balaban J connectivity index is 1.85. The van der Waals surface area contributed by atoms with Crippen LogP contribution in [0.5, 0.6) is 0 Å². The van der Waals surface area contributed by atoms with E-state index in [4.69, 9.17) is 5.73 Å². The van der Waals surface area contributed by atoms with Crippen molar-refractivity contribution in [3.63, 3.8) is 0 Å². The maximum atomic E-state index is 5.40. The number of nitrogens with two attached hydrogens (primary N) is 1. The van der Waals surface area contributed by atoms with Crippen LogP contribution in [0.3, 0.4) is 0 Å². The molecule has 1 aromatic rings. The molecule has 0 bridgehead atoms. The van der Waals surface area contributed by atoms with Crippen molar-refractivity contribution in [1.29, 1.82) is 0 Å². The molecule has 0 unspecified atom stereocenters. The van der Waals surface area contributed by atoms with E-state index in [0.717, 1.165) is 30.6 Å². The summed E-state index contributed by atoms with van der Waals surface area (Å²) in [6.45, 7) is 2.36. The highest BCUT2D eigenvalue weighted by molar-refractivity contribution is 5.46. The normalized spacial score (nSPS) is 15.0. The van der Waals surface area contributed by atoms with Crippen LogP contribution in [-0.4, -0.2) is 29.6 Å². The molecule has 0 aliphatic heterocycles. The van der Waals surface area contributed by atoms with E-state index in [1.54, 1.807) is 6.33 Å². The van der Waals surface area contributed by atoms with Crippen LogP contribution in [0.25, 0.3) is 0 Å². The maximum Gasteiger partial charge on any atom is 0.131 e. The first-order valence-corrected chi connectivity index (χ1v) is 5.38. The fraction of sp³-hybridized carbons (Fsp3) is 0.600. The van der Waals surface area contributed by atoms with Gasteiger partial charge in [0, 0.05) is 25.7 Å². The molecule has 1 aliphatic carbocycles. The Labute approximate surface area is 89.5 Å². The van der Waals surface area contributed by atoms with Crippen molar-refractivity contribution in [2.75, 3.05) is 30.3 Å². The lowest BCUT2D eigenvalue weighted by Gasteiger charge is -2.07. The van der Waals surface area contributed by atoms with E-state index < -0.39 is 0 Å². The van der Waals surface area contributed by atoms with E-state index in [-0.39, 0.29) is 0 Å². The summed E-state index contributed by atoms with van der Waals surface area (Å²) in [5.41, 5.74) is 5.40. The third-order valence-corrected chi connectivity index (χ3v) is 2.39. The third kappa shape index (κ3) is 3.36. The van der Waals surface area contributed by atoms with Crippen molar-refractivity contribution < 1.29 is 0 Å². The summed E-state index contributed by atoms with van der Waals surface area (Å²) in [5, 5.41) is 6.42. The van der Waals surface area contributed by atoms with E-state index in [0.29, 0.717) is 6.54 Å². The first-order valence-electron chi connectivity index (χ1n) is 5.38. The van der Waals surface area contributed by atoms with Gasteiger partial charge in [-0.2, -0.15) is 0 Å². The molecule has 0 saturated heterocycles. The molecule has 5 nitrogen and oxygen atoms in total. The van der Waals surface area contributed by atoms with Crippen LogP contribution in [0.2, 0.25) is 0 Å². The van der Waals surface area contributed by atoms with E-state index >= 15 is 0 Å². The number of nitrogens with zero attached hydrogens (tertiary/aromatic N) is 2. The zero-order chi connectivity index (χ0) is 10.5. The molecular formula is C10H17N5. The Bertz CT molecular complexity index is 310. The maximum absolute atomic E-state index is 5.40. The highest BCUT2D eigenvalue weighted by Gasteiger charge is 2.20. The fourth-order valence-corrected chi connectivity index (χ4v) is 1.32. The van der Waals surface area contributed by atoms with E-state index in [1.807, 2.05) is 6.07 Å². The Hall–Kier alpha value is -1.36. The SMILES string of the molecule is NCCNc1cc(NCC2CC2)ncn1. The van der Waals surface area contributed by atoms with Crippen LogP contribution in [0.15, 0.2) is 12.4 Å². The van der Waals surface area contributed by atoms with Crippen molar-refractivity contribution in [1.82, 2.24) is 9.97 Å². The monoisotopic (exact) mass is 207 g/mol. The van der Waals surface area contributed by atoms with Crippen LogP contribution in [0.1, 0.15) is 12.8 Å². The first-order chi connectivity index (χ1) is 7.38. The molecule has 1 heterocycles. The third-order valence-electron chi connectivity index (χ3n) is 2.39. The standard InChI is InChI=1S/C10H17N5/c11-3-4-12-9-5-10(15-7-14-9)13-6-8-1-2-8/h5,7-8H,1-4,6,11H2,(H2,12,13,14,15). The van der Waals surface area contributed by atoms with Gasteiger partial charge in [-0.15, -0.1) is 0 Å². The highest BCUT2D eigenvalue weighted by Crippen LogP contribution is 2.28. The molecule has 0 aromatic carbocycles. The minimum Gasteiger partial charge on any atom is -0.370 e. The molecule has 1 fully saturated rings. The van der Waals surface area contributed by atoms with Gasteiger partial charge in [0.05, 0.1) is 0 Å². The number of nitrogens with one attached hydrogen (secondary N) is 2. The Morgan fingerprint density at radius 3 is 2.67 bits per heavy atom. The van der Waals surface area contributed by atoms with E-state index in [9.17, 15) is 0 Å². The fourth-order valence-electron chi connectivity index (χ4n) is 1.32. The number of rotatable bonds is 6. The van der Waals surface area contributed by atoms with Gasteiger partial charge in [0.15, 0.2) is 0 Å². The van der Waals surface area contributed by atoms with Crippen LogP contribution >= 0.6 is 0 Å². The summed E-state index contributed by atoms with van der Waals surface area (Å²) >= 11 is 0. The molecule has 82 valence electrons. The molecule has 0 spiro atoms. The summed E-state index contributed by atoms with van der Waals surface area (Å²) in [6, 6.07) is 1.91. The second kappa shape index (κ2) is 4.93. The minimum absolute atomic E-state index is 0.606. The van der Waals surface area contributed by atoms with Gasteiger partial charge in [0.2, 0.25) is 0 Å². The second-order valence-corrected chi connectivity index (χ2v) is 3.83. The first kappa shape index (κ1) is 10.2. The van der Waals surface area contributed by atoms with Gasteiger partial charge in [0.25, 0.3) is 0 Å². The van der Waals surface area contributed by atoms with E-state index in [2.05, 4.69) is 20.6 Å². The Kier molecular flexibility index (Phi) is 3.34. The van der Waals surface area contributed by atoms with Crippen molar-refractivity contribution in [3.05, 3.63) is 12.4 Å². The van der Waals surface area contributed by atoms with E-state index in [1.165, 1.54) is 12.8 Å². The van der Waals surface area contributed by atoms with Gasteiger partial charge >= 0.3 is 0 Å². The van der Waals surface area contributed by atoms with Crippen LogP contribution < -0.4 is 16.4 Å². The number of aromatic nitrogens is 2. The predicted octanol–water partition coefficient (Wildman–Crippen LogP) is 0.669. The second-order valence-electron chi connectivity index (χ2n) is 3.83. The largest absolute Gasteiger partial charge is 0.370 e. The number of anilines is 2. The quantitative estimate of drug-likeness (QED) is 0.639. The average molecular weight is 207 g/mol. The molecule has 1 saturated carbocycles. The molecule has 5 heteroatoms. The van der Waals surface area contributed by atoms with Crippen molar-refractivity contribution >= 4 is 11.6 Å². The molecule has 1 aromatic heterocycles. The lowest BCUT2D eigenvalue weighted by atomic mass is 10.4. The molecule has 0 amide bonds. The van der Waals surface area contributed by atoms with Crippen molar-refractivity contribution in [2.24, 2.45) is 11.7 Å². The molecular weight excluding hydrogens is 190 g/mol. The highest BCUT2D eigenvalue weighted by atomic mass is 15.1. The lowest BCUT2D eigenvalue weighted by Crippen LogP contribution is -2.14.